The maximum atomic E-state index is 13.1. The molecule has 0 spiro atoms. The fourth-order valence-corrected chi connectivity index (χ4v) is 2.26. The smallest absolute Gasteiger partial charge is 0.277 e. The van der Waals surface area contributed by atoms with Gasteiger partial charge in [0, 0.05) is 11.3 Å². The van der Waals surface area contributed by atoms with Crippen molar-refractivity contribution in [3.05, 3.63) is 70.8 Å². The van der Waals surface area contributed by atoms with Crippen LogP contribution < -0.4 is 5.32 Å². The Labute approximate surface area is 136 Å². The summed E-state index contributed by atoms with van der Waals surface area (Å²) in [6.45, 7) is 1.66. The number of benzene rings is 2. The largest absolute Gasteiger partial charge is 0.441 e. The van der Waals surface area contributed by atoms with E-state index < -0.39 is 11.7 Å². The molecule has 0 aliphatic carbocycles. The van der Waals surface area contributed by atoms with Crippen LogP contribution in [0, 0.1) is 12.7 Å². The SMILES string of the molecule is Cc1oc(-c2ccccc2)nc1C(=O)Nc1ccc(F)c(Cl)c1. The van der Waals surface area contributed by atoms with Crippen molar-refractivity contribution in [2.45, 2.75) is 6.92 Å². The molecule has 1 amide bonds. The summed E-state index contributed by atoms with van der Waals surface area (Å²) >= 11 is 5.70. The molecule has 0 aliphatic rings. The highest BCUT2D eigenvalue weighted by molar-refractivity contribution is 6.31. The Hall–Kier alpha value is -2.66. The van der Waals surface area contributed by atoms with Crippen molar-refractivity contribution in [3.63, 3.8) is 0 Å². The third-order valence-electron chi connectivity index (χ3n) is 3.21. The van der Waals surface area contributed by atoms with Gasteiger partial charge in [-0.2, -0.15) is 0 Å². The molecule has 0 bridgehead atoms. The molecule has 3 rings (SSSR count). The Morgan fingerprint density at radius 1 is 1.22 bits per heavy atom. The summed E-state index contributed by atoms with van der Waals surface area (Å²) in [5.41, 5.74) is 1.33. The van der Waals surface area contributed by atoms with Gasteiger partial charge in [0.05, 0.1) is 5.02 Å². The molecule has 0 radical (unpaired) electrons. The predicted molar refractivity (Wildman–Crippen MR) is 86.0 cm³/mol. The second-order valence-electron chi connectivity index (χ2n) is 4.87. The molecule has 0 saturated heterocycles. The molecule has 2 aromatic carbocycles. The Morgan fingerprint density at radius 2 is 1.96 bits per heavy atom. The summed E-state index contributed by atoms with van der Waals surface area (Å²) in [7, 11) is 0. The molecule has 3 aromatic rings. The van der Waals surface area contributed by atoms with Gasteiger partial charge in [0.2, 0.25) is 5.89 Å². The topological polar surface area (TPSA) is 55.1 Å². The molecule has 23 heavy (non-hydrogen) atoms. The molecule has 1 aromatic heterocycles. The van der Waals surface area contributed by atoms with Crippen LogP contribution in [-0.2, 0) is 0 Å². The van der Waals surface area contributed by atoms with E-state index in [0.717, 1.165) is 5.56 Å². The Kier molecular flexibility index (Phi) is 4.12. The zero-order valence-electron chi connectivity index (χ0n) is 12.1. The molecule has 0 atom stereocenters. The normalized spacial score (nSPS) is 10.6. The number of aryl methyl sites for hydroxylation is 1. The number of nitrogens with zero attached hydrogens (tertiary/aromatic N) is 1. The van der Waals surface area contributed by atoms with Crippen molar-refractivity contribution in [3.8, 4) is 11.5 Å². The summed E-state index contributed by atoms with van der Waals surface area (Å²) in [5.74, 6) is -0.232. The maximum Gasteiger partial charge on any atom is 0.277 e. The van der Waals surface area contributed by atoms with Crippen LogP contribution >= 0.6 is 11.6 Å². The number of carbonyl (C=O) groups excluding carboxylic acids is 1. The van der Waals surface area contributed by atoms with E-state index in [1.165, 1.54) is 18.2 Å². The van der Waals surface area contributed by atoms with Crippen molar-refractivity contribution in [2.24, 2.45) is 0 Å². The monoisotopic (exact) mass is 330 g/mol. The number of halogens is 2. The first-order chi connectivity index (χ1) is 11.0. The summed E-state index contributed by atoms with van der Waals surface area (Å²) in [6.07, 6.45) is 0. The van der Waals surface area contributed by atoms with E-state index in [1.807, 2.05) is 30.3 Å². The minimum absolute atomic E-state index is 0.0651. The van der Waals surface area contributed by atoms with Gasteiger partial charge in [0.15, 0.2) is 5.69 Å². The Morgan fingerprint density at radius 3 is 2.65 bits per heavy atom. The number of rotatable bonds is 3. The Bertz CT molecular complexity index is 862. The first-order valence-corrected chi connectivity index (χ1v) is 7.21. The molecular weight excluding hydrogens is 319 g/mol. The highest BCUT2D eigenvalue weighted by Crippen LogP contribution is 2.23. The summed E-state index contributed by atoms with van der Waals surface area (Å²) in [6, 6.07) is 13.2. The molecule has 116 valence electrons. The van der Waals surface area contributed by atoms with E-state index in [0.29, 0.717) is 17.3 Å². The van der Waals surface area contributed by atoms with Crippen LogP contribution in [0.5, 0.6) is 0 Å². The van der Waals surface area contributed by atoms with Crippen LogP contribution in [0.4, 0.5) is 10.1 Å². The Balaban J connectivity index is 1.85. The van der Waals surface area contributed by atoms with Gasteiger partial charge < -0.3 is 9.73 Å². The minimum Gasteiger partial charge on any atom is -0.441 e. The molecule has 0 saturated carbocycles. The van der Waals surface area contributed by atoms with E-state index in [-0.39, 0.29) is 10.7 Å². The number of hydrogen-bond acceptors (Lipinski definition) is 3. The second-order valence-corrected chi connectivity index (χ2v) is 5.28. The standard InChI is InChI=1S/C17H12ClFN2O2/c1-10-15(21-17(23-10)11-5-3-2-4-6-11)16(22)20-12-7-8-14(19)13(18)9-12/h2-9H,1H3,(H,20,22). The number of amides is 1. The lowest BCUT2D eigenvalue weighted by molar-refractivity contribution is 0.102. The highest BCUT2D eigenvalue weighted by atomic mass is 35.5. The number of hydrogen-bond donors (Lipinski definition) is 1. The van der Waals surface area contributed by atoms with Crippen LogP contribution in [0.25, 0.3) is 11.5 Å². The highest BCUT2D eigenvalue weighted by Gasteiger charge is 2.18. The quantitative estimate of drug-likeness (QED) is 0.757. The number of carbonyl (C=O) groups is 1. The van der Waals surface area contributed by atoms with Crippen LogP contribution in [0.15, 0.2) is 52.9 Å². The van der Waals surface area contributed by atoms with Crippen LogP contribution in [-0.4, -0.2) is 10.9 Å². The fraction of sp³-hybridized carbons (Fsp3) is 0.0588. The number of anilines is 1. The summed E-state index contributed by atoms with van der Waals surface area (Å²) in [4.78, 5) is 16.5. The number of nitrogens with one attached hydrogen (secondary N) is 1. The maximum absolute atomic E-state index is 13.1. The molecule has 0 aliphatic heterocycles. The molecule has 1 N–H and O–H groups in total. The first kappa shape index (κ1) is 15.2. The van der Waals surface area contributed by atoms with Gasteiger partial charge in [-0.3, -0.25) is 4.79 Å². The summed E-state index contributed by atoms with van der Waals surface area (Å²) in [5, 5.41) is 2.55. The van der Waals surface area contributed by atoms with Crippen molar-refractivity contribution in [1.29, 1.82) is 0 Å². The fourth-order valence-electron chi connectivity index (χ4n) is 2.08. The molecular formula is C17H12ClFN2O2. The lowest BCUT2D eigenvalue weighted by Crippen LogP contribution is -2.13. The van der Waals surface area contributed by atoms with E-state index in [9.17, 15) is 9.18 Å². The number of aromatic nitrogens is 1. The zero-order chi connectivity index (χ0) is 16.4. The van der Waals surface area contributed by atoms with E-state index in [2.05, 4.69) is 10.3 Å². The predicted octanol–water partition coefficient (Wildman–Crippen LogP) is 4.69. The second kappa shape index (κ2) is 6.22. The molecule has 1 heterocycles. The van der Waals surface area contributed by atoms with Crippen molar-refractivity contribution < 1.29 is 13.6 Å². The van der Waals surface area contributed by atoms with Gasteiger partial charge in [0.1, 0.15) is 11.6 Å². The van der Waals surface area contributed by atoms with Crippen molar-refractivity contribution in [2.75, 3.05) is 5.32 Å². The third-order valence-corrected chi connectivity index (χ3v) is 3.50. The van der Waals surface area contributed by atoms with Gasteiger partial charge in [-0.15, -0.1) is 0 Å². The van der Waals surface area contributed by atoms with Crippen molar-refractivity contribution in [1.82, 2.24) is 4.98 Å². The molecule has 0 unspecified atom stereocenters. The van der Waals surface area contributed by atoms with Gasteiger partial charge in [0.25, 0.3) is 5.91 Å². The van der Waals surface area contributed by atoms with E-state index >= 15 is 0 Å². The number of oxazole rings is 1. The van der Waals surface area contributed by atoms with Gasteiger partial charge in [-0.05, 0) is 37.3 Å². The minimum atomic E-state index is -0.548. The van der Waals surface area contributed by atoms with Gasteiger partial charge in [-0.1, -0.05) is 29.8 Å². The van der Waals surface area contributed by atoms with Crippen molar-refractivity contribution >= 4 is 23.2 Å². The van der Waals surface area contributed by atoms with Gasteiger partial charge in [-0.25, -0.2) is 9.37 Å². The lowest BCUT2D eigenvalue weighted by atomic mass is 10.2. The van der Waals surface area contributed by atoms with E-state index in [1.54, 1.807) is 6.92 Å². The molecule has 6 heteroatoms. The third kappa shape index (κ3) is 3.24. The average molecular weight is 331 g/mol. The molecule has 0 fully saturated rings. The van der Waals surface area contributed by atoms with Crippen LogP contribution in [0.2, 0.25) is 5.02 Å². The lowest BCUT2D eigenvalue weighted by Gasteiger charge is -2.04. The van der Waals surface area contributed by atoms with Gasteiger partial charge >= 0.3 is 0 Å². The zero-order valence-corrected chi connectivity index (χ0v) is 12.9. The first-order valence-electron chi connectivity index (χ1n) is 6.84. The molecule has 4 nitrogen and oxygen atoms in total. The van der Waals surface area contributed by atoms with E-state index in [4.69, 9.17) is 16.0 Å². The van der Waals surface area contributed by atoms with Crippen LogP contribution in [0.1, 0.15) is 16.2 Å². The summed E-state index contributed by atoms with van der Waals surface area (Å²) < 4.78 is 18.7. The van der Waals surface area contributed by atoms with Crippen LogP contribution in [0.3, 0.4) is 0 Å². The average Bonchev–Trinajstić information content (AvgIpc) is 2.94.